The first kappa shape index (κ1) is 16.6. The van der Waals surface area contributed by atoms with Crippen LogP contribution in [0, 0.1) is 29.6 Å². The van der Waals surface area contributed by atoms with Crippen LogP contribution in [0.15, 0.2) is 23.3 Å². The number of hydrogen-bond acceptors (Lipinski definition) is 2. The van der Waals surface area contributed by atoms with Gasteiger partial charge in [0, 0.05) is 0 Å². The topological polar surface area (TPSA) is 26.3 Å². The highest BCUT2D eigenvalue weighted by Crippen LogP contribution is 2.59. The Labute approximate surface area is 123 Å². The maximum Gasteiger partial charge on any atom is 0.311 e. The molecular formula is C18H26O2. The van der Waals surface area contributed by atoms with Crippen molar-refractivity contribution < 1.29 is 9.53 Å². The summed E-state index contributed by atoms with van der Waals surface area (Å²) in [5.74, 6) is 2.56. The molecule has 1 aliphatic rings. The van der Waals surface area contributed by atoms with Gasteiger partial charge in [0.05, 0.1) is 5.92 Å². The number of terminal acetylenes is 1. The van der Waals surface area contributed by atoms with Gasteiger partial charge in [-0.1, -0.05) is 44.4 Å². The largest absolute Gasteiger partial charge is 0.444 e. The number of carbonyl (C=O) groups excluding carboxylic acids is 1. The third kappa shape index (κ3) is 3.54. The number of carbonyl (C=O) groups is 1. The Morgan fingerprint density at radius 3 is 2.45 bits per heavy atom. The van der Waals surface area contributed by atoms with Gasteiger partial charge in [0.25, 0.3) is 0 Å². The van der Waals surface area contributed by atoms with E-state index in [9.17, 15) is 4.79 Å². The van der Waals surface area contributed by atoms with Gasteiger partial charge in [-0.2, -0.15) is 0 Å². The molecule has 0 amide bonds. The van der Waals surface area contributed by atoms with Crippen LogP contribution >= 0.6 is 0 Å². The molecule has 0 saturated heterocycles. The molecule has 0 aromatic carbocycles. The monoisotopic (exact) mass is 274 g/mol. The van der Waals surface area contributed by atoms with Crippen molar-refractivity contribution in [2.24, 2.45) is 17.3 Å². The van der Waals surface area contributed by atoms with Crippen LogP contribution < -0.4 is 0 Å². The number of hydrogen-bond donors (Lipinski definition) is 0. The second-order valence-corrected chi connectivity index (χ2v) is 6.41. The van der Waals surface area contributed by atoms with Gasteiger partial charge in [-0.25, -0.2) is 0 Å². The first-order valence-electron chi connectivity index (χ1n) is 7.24. The van der Waals surface area contributed by atoms with Crippen LogP contribution in [0.1, 0.15) is 48.0 Å². The molecule has 0 aromatic rings. The minimum atomic E-state index is -0.536. The third-order valence-electron chi connectivity index (χ3n) is 4.00. The first-order valence-corrected chi connectivity index (χ1v) is 7.24. The Kier molecular flexibility index (Phi) is 5.22. The quantitative estimate of drug-likeness (QED) is 0.428. The van der Waals surface area contributed by atoms with Gasteiger partial charge in [-0.3, -0.25) is 4.79 Å². The molecule has 3 atom stereocenters. The van der Waals surface area contributed by atoms with Crippen molar-refractivity contribution in [2.75, 3.05) is 0 Å². The van der Waals surface area contributed by atoms with E-state index in [4.69, 9.17) is 11.2 Å². The highest BCUT2D eigenvalue weighted by molar-refractivity contribution is 5.79. The highest BCUT2D eigenvalue weighted by atomic mass is 16.5. The summed E-state index contributed by atoms with van der Waals surface area (Å²) >= 11 is 0. The fourth-order valence-electron chi connectivity index (χ4n) is 2.67. The molecule has 0 N–H and O–H groups in total. The normalized spacial score (nSPS) is 25.4. The standard InChI is InChI=1S/C18H26O2/c1-8-10-13(5)15(9-2)20-17(19)16-14(11-12(3)4)18(16,6)7/h2,10-11,14-16H,8H2,1,3-7H3/b13-10-. The number of ether oxygens (including phenoxy) is 1. The minimum Gasteiger partial charge on any atom is -0.444 e. The van der Waals surface area contributed by atoms with Gasteiger partial charge in [0.2, 0.25) is 0 Å². The molecule has 1 rings (SSSR count). The summed E-state index contributed by atoms with van der Waals surface area (Å²) < 4.78 is 5.51. The molecule has 20 heavy (non-hydrogen) atoms. The van der Waals surface area contributed by atoms with E-state index in [0.717, 1.165) is 12.0 Å². The second-order valence-electron chi connectivity index (χ2n) is 6.41. The summed E-state index contributed by atoms with van der Waals surface area (Å²) in [5.41, 5.74) is 2.13. The summed E-state index contributed by atoms with van der Waals surface area (Å²) in [5, 5.41) is 0. The number of rotatable bonds is 5. The zero-order valence-corrected chi connectivity index (χ0v) is 13.5. The van der Waals surface area contributed by atoms with Crippen molar-refractivity contribution in [3.8, 4) is 12.3 Å². The predicted octanol–water partition coefficient (Wildman–Crippen LogP) is 4.13. The van der Waals surface area contributed by atoms with Gasteiger partial charge < -0.3 is 4.74 Å². The van der Waals surface area contributed by atoms with Gasteiger partial charge in [0.1, 0.15) is 0 Å². The van der Waals surface area contributed by atoms with E-state index >= 15 is 0 Å². The van der Waals surface area contributed by atoms with Crippen molar-refractivity contribution in [3.63, 3.8) is 0 Å². The molecule has 1 fully saturated rings. The van der Waals surface area contributed by atoms with Gasteiger partial charge >= 0.3 is 5.97 Å². The van der Waals surface area contributed by atoms with Gasteiger partial charge in [-0.15, -0.1) is 6.42 Å². The second kappa shape index (κ2) is 6.31. The molecule has 1 saturated carbocycles. The average molecular weight is 274 g/mol. The van der Waals surface area contributed by atoms with E-state index in [2.05, 4.69) is 39.7 Å². The fraction of sp³-hybridized carbons (Fsp3) is 0.611. The Bertz CT molecular complexity index is 470. The summed E-state index contributed by atoms with van der Waals surface area (Å²) in [4.78, 5) is 12.3. The zero-order chi connectivity index (χ0) is 15.5. The summed E-state index contributed by atoms with van der Waals surface area (Å²) in [6.07, 6.45) is 9.99. The number of esters is 1. The molecular weight excluding hydrogens is 248 g/mol. The van der Waals surface area contributed by atoms with Gasteiger partial charge in [0.15, 0.2) is 6.10 Å². The minimum absolute atomic E-state index is 0.0319. The van der Waals surface area contributed by atoms with E-state index in [1.54, 1.807) is 0 Å². The zero-order valence-electron chi connectivity index (χ0n) is 13.5. The molecule has 2 heteroatoms. The maximum atomic E-state index is 12.3. The van der Waals surface area contributed by atoms with E-state index in [1.807, 2.05) is 19.9 Å². The molecule has 0 bridgehead atoms. The molecule has 0 aromatic heterocycles. The molecule has 0 aliphatic heterocycles. The molecule has 2 nitrogen and oxygen atoms in total. The Hall–Kier alpha value is -1.49. The molecule has 1 aliphatic carbocycles. The van der Waals surface area contributed by atoms with Crippen LogP contribution in [0.25, 0.3) is 0 Å². The Morgan fingerprint density at radius 1 is 1.40 bits per heavy atom. The van der Waals surface area contributed by atoms with Gasteiger partial charge in [-0.05, 0) is 44.1 Å². The van der Waals surface area contributed by atoms with Crippen molar-refractivity contribution in [1.82, 2.24) is 0 Å². The smallest absolute Gasteiger partial charge is 0.311 e. The molecule has 110 valence electrons. The SMILES string of the molecule is C#CC(OC(=O)C1C(C=C(C)C)C1(C)C)/C(C)=C\CC. The average Bonchev–Trinajstić information content (AvgIpc) is 2.86. The summed E-state index contributed by atoms with van der Waals surface area (Å²) in [7, 11) is 0. The third-order valence-corrected chi connectivity index (χ3v) is 4.00. The summed E-state index contributed by atoms with van der Waals surface area (Å²) in [6.45, 7) is 12.2. The van der Waals surface area contributed by atoms with Crippen LogP contribution in [0.2, 0.25) is 0 Å². The first-order chi connectivity index (χ1) is 9.25. The number of allylic oxidation sites excluding steroid dienone is 3. The van der Waals surface area contributed by atoms with E-state index in [1.165, 1.54) is 5.57 Å². The van der Waals surface area contributed by atoms with E-state index < -0.39 is 6.10 Å². The summed E-state index contributed by atoms with van der Waals surface area (Å²) in [6, 6.07) is 0. The van der Waals surface area contributed by atoms with E-state index in [0.29, 0.717) is 0 Å². The fourth-order valence-corrected chi connectivity index (χ4v) is 2.67. The lowest BCUT2D eigenvalue weighted by molar-refractivity contribution is -0.147. The molecule has 0 radical (unpaired) electrons. The molecule has 3 unspecified atom stereocenters. The van der Waals surface area contributed by atoms with Crippen molar-refractivity contribution >= 4 is 5.97 Å². The Balaban J connectivity index is 2.76. The van der Waals surface area contributed by atoms with Crippen LogP contribution in [-0.2, 0) is 9.53 Å². The maximum absolute atomic E-state index is 12.3. The van der Waals surface area contributed by atoms with Crippen LogP contribution in [0.4, 0.5) is 0 Å². The predicted molar refractivity (Wildman–Crippen MR) is 83.0 cm³/mol. The lowest BCUT2D eigenvalue weighted by Crippen LogP contribution is -2.20. The van der Waals surface area contributed by atoms with Crippen molar-refractivity contribution in [1.29, 1.82) is 0 Å². The highest BCUT2D eigenvalue weighted by Gasteiger charge is 2.61. The van der Waals surface area contributed by atoms with Crippen LogP contribution in [0.5, 0.6) is 0 Å². The molecule has 0 heterocycles. The Morgan fingerprint density at radius 2 is 2.00 bits per heavy atom. The van der Waals surface area contributed by atoms with Crippen molar-refractivity contribution in [3.05, 3.63) is 23.3 Å². The lowest BCUT2D eigenvalue weighted by atomic mass is 10.1. The lowest BCUT2D eigenvalue weighted by Gasteiger charge is -2.13. The van der Waals surface area contributed by atoms with Crippen molar-refractivity contribution in [2.45, 2.75) is 54.1 Å². The van der Waals surface area contributed by atoms with Crippen LogP contribution in [0.3, 0.4) is 0 Å². The van der Waals surface area contributed by atoms with E-state index in [-0.39, 0.29) is 23.2 Å². The van der Waals surface area contributed by atoms with Crippen LogP contribution in [-0.4, -0.2) is 12.1 Å². The molecule has 0 spiro atoms.